The first-order chi connectivity index (χ1) is 9.63. The zero-order chi connectivity index (χ0) is 14.1. The molecule has 2 aromatic heterocycles. The standard InChI is InChI=1S/C14H12BrN5/c1-9-12(15)6-7-13(18-9)20-8-17-14(19-20)10-2-4-11(16)5-3-10/h2-8H,16H2,1H3. The number of nitrogen functional groups attached to an aromatic ring is 1. The number of pyridine rings is 1. The van der Waals surface area contributed by atoms with Crippen molar-refractivity contribution < 1.29 is 0 Å². The quantitative estimate of drug-likeness (QED) is 0.734. The van der Waals surface area contributed by atoms with Crippen LogP contribution in [0.1, 0.15) is 5.69 Å². The first-order valence-corrected chi connectivity index (χ1v) is 6.84. The van der Waals surface area contributed by atoms with Crippen molar-refractivity contribution in [1.29, 1.82) is 0 Å². The van der Waals surface area contributed by atoms with E-state index >= 15 is 0 Å². The van der Waals surface area contributed by atoms with Gasteiger partial charge in [0, 0.05) is 15.7 Å². The van der Waals surface area contributed by atoms with Gasteiger partial charge in [0.2, 0.25) is 0 Å². The van der Waals surface area contributed by atoms with Crippen molar-refractivity contribution in [3.8, 4) is 17.2 Å². The second-order valence-electron chi connectivity index (χ2n) is 4.37. The Morgan fingerprint density at radius 1 is 1.10 bits per heavy atom. The first kappa shape index (κ1) is 12.8. The highest BCUT2D eigenvalue weighted by Gasteiger charge is 2.07. The second kappa shape index (κ2) is 5.05. The molecule has 0 spiro atoms. The molecule has 3 aromatic rings. The summed E-state index contributed by atoms with van der Waals surface area (Å²) in [4.78, 5) is 8.76. The highest BCUT2D eigenvalue weighted by atomic mass is 79.9. The molecule has 2 N–H and O–H groups in total. The van der Waals surface area contributed by atoms with E-state index in [-0.39, 0.29) is 0 Å². The molecule has 0 aliphatic carbocycles. The minimum Gasteiger partial charge on any atom is -0.399 e. The lowest BCUT2D eigenvalue weighted by molar-refractivity contribution is 0.840. The summed E-state index contributed by atoms with van der Waals surface area (Å²) in [6.45, 7) is 1.94. The summed E-state index contributed by atoms with van der Waals surface area (Å²) in [6, 6.07) is 11.3. The number of nitrogens with two attached hydrogens (primary N) is 1. The van der Waals surface area contributed by atoms with Gasteiger partial charge in [-0.3, -0.25) is 0 Å². The van der Waals surface area contributed by atoms with Gasteiger partial charge in [0.15, 0.2) is 11.6 Å². The Morgan fingerprint density at radius 2 is 1.85 bits per heavy atom. The van der Waals surface area contributed by atoms with Crippen molar-refractivity contribution >= 4 is 21.6 Å². The predicted molar refractivity (Wildman–Crippen MR) is 81.4 cm³/mol. The summed E-state index contributed by atoms with van der Waals surface area (Å²) in [5, 5.41) is 4.44. The molecule has 0 atom stereocenters. The van der Waals surface area contributed by atoms with Crippen LogP contribution in [0.4, 0.5) is 5.69 Å². The van der Waals surface area contributed by atoms with Crippen LogP contribution < -0.4 is 5.73 Å². The summed E-state index contributed by atoms with van der Waals surface area (Å²) in [5.74, 6) is 1.38. The summed E-state index contributed by atoms with van der Waals surface area (Å²) < 4.78 is 2.63. The van der Waals surface area contributed by atoms with E-state index in [1.54, 1.807) is 11.0 Å². The molecule has 0 fully saturated rings. The average molecular weight is 330 g/mol. The molecule has 0 aliphatic heterocycles. The molecule has 20 heavy (non-hydrogen) atoms. The number of aromatic nitrogens is 4. The molecule has 1 aromatic carbocycles. The number of aryl methyl sites for hydroxylation is 1. The van der Waals surface area contributed by atoms with Gasteiger partial charge in [-0.05, 0) is 59.3 Å². The van der Waals surface area contributed by atoms with Gasteiger partial charge in [0.1, 0.15) is 6.33 Å². The maximum absolute atomic E-state index is 5.67. The number of hydrogen-bond donors (Lipinski definition) is 1. The van der Waals surface area contributed by atoms with Gasteiger partial charge < -0.3 is 5.73 Å². The number of anilines is 1. The molecule has 6 heteroatoms. The van der Waals surface area contributed by atoms with Crippen molar-refractivity contribution in [2.45, 2.75) is 6.92 Å². The van der Waals surface area contributed by atoms with E-state index in [1.807, 2.05) is 43.3 Å². The smallest absolute Gasteiger partial charge is 0.181 e. The van der Waals surface area contributed by atoms with Gasteiger partial charge >= 0.3 is 0 Å². The van der Waals surface area contributed by atoms with E-state index < -0.39 is 0 Å². The van der Waals surface area contributed by atoms with Crippen LogP contribution in [0.25, 0.3) is 17.2 Å². The largest absolute Gasteiger partial charge is 0.399 e. The van der Waals surface area contributed by atoms with E-state index in [4.69, 9.17) is 5.73 Å². The number of hydrogen-bond acceptors (Lipinski definition) is 4. The lowest BCUT2D eigenvalue weighted by atomic mass is 10.2. The highest BCUT2D eigenvalue weighted by molar-refractivity contribution is 9.10. The van der Waals surface area contributed by atoms with Crippen LogP contribution in [-0.2, 0) is 0 Å². The number of nitrogens with zero attached hydrogens (tertiary/aromatic N) is 4. The molecular formula is C14H12BrN5. The molecular weight excluding hydrogens is 318 g/mol. The number of rotatable bonds is 2. The Hall–Kier alpha value is -2.21. The third-order valence-electron chi connectivity index (χ3n) is 2.90. The van der Waals surface area contributed by atoms with E-state index in [0.29, 0.717) is 5.82 Å². The van der Waals surface area contributed by atoms with Crippen LogP contribution in [-0.4, -0.2) is 19.7 Å². The van der Waals surface area contributed by atoms with Crippen LogP contribution in [0.15, 0.2) is 47.2 Å². The predicted octanol–water partition coefficient (Wildman–Crippen LogP) is 2.98. The van der Waals surface area contributed by atoms with Crippen molar-refractivity contribution in [3.05, 3.63) is 52.9 Å². The molecule has 5 nitrogen and oxygen atoms in total. The molecule has 2 heterocycles. The SMILES string of the molecule is Cc1nc(-n2cnc(-c3ccc(N)cc3)n2)ccc1Br. The molecule has 0 amide bonds. The lowest BCUT2D eigenvalue weighted by Crippen LogP contribution is -1.99. The number of halogens is 1. The molecule has 0 bridgehead atoms. The van der Waals surface area contributed by atoms with Gasteiger partial charge in [0.05, 0.1) is 5.69 Å². The molecule has 0 saturated carbocycles. The Bertz CT molecular complexity index is 749. The molecule has 0 saturated heterocycles. The monoisotopic (exact) mass is 329 g/mol. The Labute approximate surface area is 124 Å². The van der Waals surface area contributed by atoms with Crippen LogP contribution in [0.5, 0.6) is 0 Å². The normalized spacial score (nSPS) is 10.7. The van der Waals surface area contributed by atoms with Crippen LogP contribution >= 0.6 is 15.9 Å². The van der Waals surface area contributed by atoms with Crippen molar-refractivity contribution in [2.24, 2.45) is 0 Å². The van der Waals surface area contributed by atoms with E-state index in [1.165, 1.54) is 0 Å². The van der Waals surface area contributed by atoms with Crippen LogP contribution in [0, 0.1) is 6.92 Å². The van der Waals surface area contributed by atoms with Gasteiger partial charge in [0.25, 0.3) is 0 Å². The van der Waals surface area contributed by atoms with Gasteiger partial charge in [-0.25, -0.2) is 14.6 Å². The van der Waals surface area contributed by atoms with Crippen molar-refractivity contribution in [2.75, 3.05) is 5.73 Å². The summed E-state index contributed by atoms with van der Waals surface area (Å²) >= 11 is 3.43. The zero-order valence-electron chi connectivity index (χ0n) is 10.8. The Balaban J connectivity index is 1.97. The van der Waals surface area contributed by atoms with E-state index in [2.05, 4.69) is 31.0 Å². The first-order valence-electron chi connectivity index (χ1n) is 6.04. The molecule has 0 aliphatic rings. The van der Waals surface area contributed by atoms with Gasteiger partial charge in [-0.1, -0.05) is 0 Å². The third kappa shape index (κ3) is 2.42. The highest BCUT2D eigenvalue weighted by Crippen LogP contribution is 2.18. The molecule has 100 valence electrons. The van der Waals surface area contributed by atoms with Crippen molar-refractivity contribution in [1.82, 2.24) is 19.7 Å². The number of benzene rings is 1. The summed E-state index contributed by atoms with van der Waals surface area (Å²) in [7, 11) is 0. The molecule has 0 unspecified atom stereocenters. The average Bonchev–Trinajstić information content (AvgIpc) is 2.92. The molecule has 3 rings (SSSR count). The minimum atomic E-state index is 0.646. The maximum atomic E-state index is 5.67. The van der Waals surface area contributed by atoms with Crippen LogP contribution in [0.3, 0.4) is 0 Å². The maximum Gasteiger partial charge on any atom is 0.181 e. The van der Waals surface area contributed by atoms with Crippen LogP contribution in [0.2, 0.25) is 0 Å². The van der Waals surface area contributed by atoms with Gasteiger partial charge in [-0.15, -0.1) is 5.10 Å². The van der Waals surface area contributed by atoms with Crippen molar-refractivity contribution in [3.63, 3.8) is 0 Å². The zero-order valence-corrected chi connectivity index (χ0v) is 12.4. The molecule has 0 radical (unpaired) electrons. The Kier molecular flexibility index (Phi) is 3.23. The fourth-order valence-corrected chi connectivity index (χ4v) is 2.02. The minimum absolute atomic E-state index is 0.646. The van der Waals surface area contributed by atoms with Gasteiger partial charge in [-0.2, -0.15) is 0 Å². The fraction of sp³-hybridized carbons (Fsp3) is 0.0714. The lowest BCUT2D eigenvalue weighted by Gasteiger charge is -2.02. The fourth-order valence-electron chi connectivity index (χ4n) is 1.80. The van der Waals surface area contributed by atoms with E-state index in [0.717, 1.165) is 27.2 Å². The summed E-state index contributed by atoms with van der Waals surface area (Å²) in [6.07, 6.45) is 1.65. The topological polar surface area (TPSA) is 69.6 Å². The Morgan fingerprint density at radius 3 is 2.55 bits per heavy atom. The summed E-state index contributed by atoms with van der Waals surface area (Å²) in [5.41, 5.74) is 8.22. The second-order valence-corrected chi connectivity index (χ2v) is 5.23. The van der Waals surface area contributed by atoms with E-state index in [9.17, 15) is 0 Å². The third-order valence-corrected chi connectivity index (χ3v) is 3.74.